The molecule has 0 saturated carbocycles. The summed E-state index contributed by atoms with van der Waals surface area (Å²) in [4.78, 5) is 0. The Morgan fingerprint density at radius 1 is 0.218 bits per heavy atom. The van der Waals surface area contributed by atoms with Gasteiger partial charge in [-0.05, 0) is 0 Å². The minimum absolute atomic E-state index is 0.721. The highest BCUT2D eigenvalue weighted by atomic mass is 16.8. The van der Waals surface area contributed by atoms with E-state index in [4.69, 9.17) is 61.6 Å². The molecule has 7 fully saturated rings. The Hall–Kier alpha value is -1.44. The van der Waals surface area contributed by atoms with Gasteiger partial charge in [-0.2, -0.15) is 0 Å². The van der Waals surface area contributed by atoms with E-state index >= 15 is 0 Å². The van der Waals surface area contributed by atoms with Gasteiger partial charge in [-0.3, -0.25) is 0 Å². The third-order valence-electron chi connectivity index (χ3n) is 14.5. The average Bonchev–Trinajstić information content (AvgIpc) is 3.52. The molecule has 0 aromatic heterocycles. The molecule has 78 heavy (non-hydrogen) atoms. The van der Waals surface area contributed by atoms with Crippen LogP contribution in [0.3, 0.4) is 0 Å². The Kier molecular flexibility index (Phi) is 22.6. The first-order chi connectivity index (χ1) is 36.9. The Labute approximate surface area is 439 Å². The first-order valence-corrected chi connectivity index (χ1v) is 24.6. The van der Waals surface area contributed by atoms with E-state index in [1.165, 1.54) is 0 Å². The Morgan fingerprint density at radius 2 is 0.449 bits per heavy atom. The summed E-state index contributed by atoms with van der Waals surface area (Å²) in [6.45, 7) is -6.14. The van der Waals surface area contributed by atoms with Gasteiger partial charge in [0.2, 0.25) is 0 Å². The number of hydrogen-bond donors (Lipinski definition) is 23. The number of hydrogen-bond acceptors (Lipinski definition) is 36. The van der Waals surface area contributed by atoms with E-state index in [9.17, 15) is 117 Å². The number of aliphatic hydroxyl groups is 23. The molecule has 7 rings (SSSR count). The van der Waals surface area contributed by atoms with Gasteiger partial charge in [-0.1, -0.05) is 0 Å². The maximum Gasteiger partial charge on any atom is 0.187 e. The van der Waals surface area contributed by atoms with Crippen LogP contribution in [0.15, 0.2) is 0 Å². The molecule has 0 aromatic carbocycles. The summed E-state index contributed by atoms with van der Waals surface area (Å²) in [6.07, 6.45) is -66.2. The maximum atomic E-state index is 11.3. The summed E-state index contributed by atoms with van der Waals surface area (Å²) >= 11 is 0. The minimum atomic E-state index is -2.20. The van der Waals surface area contributed by atoms with Gasteiger partial charge in [-0.15, -0.1) is 0 Å². The highest BCUT2D eigenvalue weighted by Crippen LogP contribution is 2.35. The zero-order chi connectivity index (χ0) is 57.3. The lowest BCUT2D eigenvalue weighted by molar-refractivity contribution is -0.389. The lowest BCUT2D eigenvalue weighted by atomic mass is 9.95. The van der Waals surface area contributed by atoms with Crippen molar-refractivity contribution in [3.8, 4) is 0 Å². The molecule has 23 N–H and O–H groups in total. The SMILES string of the molecule is OC[C@H]1O[C@H](OC[C@H]2O[C@H](OC[C@H]3O[C@H](OC[C@H]4O[C@H](O[C@H]5[C@H](O)[C@@H](O)[C@@H](O[C@H]6[C@H](O)[C@@H](O)[C@@H](O[C@H]7[C@H](O)[C@@H](O)C(O)O[C@@H]7CO)O[C@@H]6CO)O[C@@H]5CO)[C@H](O)[C@@H](O)[C@@H]4O)[C@H](O)[C@@H](O)[C@@H]3O)[C@H](O)[C@@H](O)[C@@H]2O)[C@H](O)[C@@H](O)[C@@H]1O. The highest BCUT2D eigenvalue weighted by molar-refractivity contribution is 4.99. The zero-order valence-corrected chi connectivity index (χ0v) is 40.8. The summed E-state index contributed by atoms with van der Waals surface area (Å²) in [5.41, 5.74) is 0. The molecule has 7 heterocycles. The van der Waals surface area contributed by atoms with Crippen molar-refractivity contribution < 1.29 is 179 Å². The molecule has 0 radical (unpaired) electrons. The van der Waals surface area contributed by atoms with Crippen LogP contribution >= 0.6 is 0 Å². The second kappa shape index (κ2) is 27.5. The summed E-state index contributed by atoms with van der Waals surface area (Å²) < 4.78 is 71.5. The molecule has 7 saturated heterocycles. The first kappa shape index (κ1) is 64.1. The van der Waals surface area contributed by atoms with Gasteiger partial charge in [0, 0.05) is 0 Å². The van der Waals surface area contributed by atoms with Gasteiger partial charge in [0.25, 0.3) is 0 Å². The predicted octanol–water partition coefficient (Wildman–Crippen LogP) is -16.3. The van der Waals surface area contributed by atoms with Crippen molar-refractivity contribution in [3.63, 3.8) is 0 Å². The summed E-state index contributed by atoms with van der Waals surface area (Å²) in [5.74, 6) is 0. The van der Waals surface area contributed by atoms with Crippen LogP contribution in [0.5, 0.6) is 0 Å². The Bertz CT molecular complexity index is 1810. The number of aliphatic hydroxyl groups excluding tert-OH is 23. The normalized spacial score (nSPS) is 53.5. The van der Waals surface area contributed by atoms with Crippen LogP contribution in [0.2, 0.25) is 0 Å². The second-order valence-corrected chi connectivity index (χ2v) is 19.7. The molecular formula is C42H72O36. The van der Waals surface area contributed by atoms with Gasteiger partial charge in [0.1, 0.15) is 171 Å². The van der Waals surface area contributed by atoms with Crippen LogP contribution in [0.4, 0.5) is 0 Å². The van der Waals surface area contributed by atoms with Crippen LogP contribution in [0.1, 0.15) is 0 Å². The highest BCUT2D eigenvalue weighted by Gasteiger charge is 2.56. The number of ether oxygens (including phenoxy) is 13. The fourth-order valence-electron chi connectivity index (χ4n) is 9.69. The molecule has 0 aliphatic carbocycles. The van der Waals surface area contributed by atoms with Crippen molar-refractivity contribution >= 4 is 0 Å². The fourth-order valence-corrected chi connectivity index (χ4v) is 9.69. The Balaban J connectivity index is 0.932. The van der Waals surface area contributed by atoms with Crippen molar-refractivity contribution in [2.24, 2.45) is 0 Å². The molecule has 7 aliphatic rings. The molecule has 35 atom stereocenters. The van der Waals surface area contributed by atoms with Gasteiger partial charge in [0.15, 0.2) is 44.0 Å². The molecule has 7 aliphatic heterocycles. The minimum Gasteiger partial charge on any atom is -0.394 e. The van der Waals surface area contributed by atoms with Gasteiger partial charge in [0.05, 0.1) is 46.2 Å². The fraction of sp³-hybridized carbons (Fsp3) is 1.00. The maximum absolute atomic E-state index is 11.3. The molecule has 456 valence electrons. The third kappa shape index (κ3) is 13.4. The average molecular weight is 1150 g/mol. The van der Waals surface area contributed by atoms with Gasteiger partial charge >= 0.3 is 0 Å². The lowest BCUT2D eigenvalue weighted by Gasteiger charge is -2.49. The largest absolute Gasteiger partial charge is 0.394 e. The smallest absolute Gasteiger partial charge is 0.187 e. The van der Waals surface area contributed by atoms with Crippen molar-refractivity contribution in [1.29, 1.82) is 0 Å². The first-order valence-electron chi connectivity index (χ1n) is 24.6. The molecule has 0 bridgehead atoms. The Morgan fingerprint density at radius 3 is 0.769 bits per heavy atom. The van der Waals surface area contributed by atoms with Crippen molar-refractivity contribution in [2.75, 3.05) is 46.2 Å². The van der Waals surface area contributed by atoms with Crippen LogP contribution in [0.25, 0.3) is 0 Å². The van der Waals surface area contributed by atoms with E-state index in [2.05, 4.69) is 0 Å². The van der Waals surface area contributed by atoms with E-state index in [1.54, 1.807) is 0 Å². The molecule has 0 spiro atoms. The standard InChI is InChI=1S/C42H72O36/c43-1-8-15(47)19(51)27(59)37(70-8)66-5-12-16(48)20(52)28(60)38(73-12)67-6-13-17(49)21(53)29(61)39(74-13)68-7-14-18(50)22(54)30(62)40(75-14)77-34-10(3-45)72-42(32(64)24(34)56)78-35-11(4-46)71-41(31(63)25(35)57)76-33-9(2-44)69-36(65)26(58)23(33)55/h8-65H,1-7H2/t8-,9-,10-,11-,12-,13-,14-,15-,16-,17-,18-,19+,20+,21+,22+,23-,24-,25-,26-,27-,28-,29-,30-,31-,32-,33-,34-,35-,36?,37+,38+,39+,40-,41-,42-/m1/s1. The number of rotatable bonds is 19. The van der Waals surface area contributed by atoms with Crippen LogP contribution in [0, 0.1) is 0 Å². The van der Waals surface area contributed by atoms with Crippen LogP contribution in [-0.2, 0) is 61.6 Å². The van der Waals surface area contributed by atoms with Crippen molar-refractivity contribution in [2.45, 2.75) is 215 Å². The monoisotopic (exact) mass is 1150 g/mol. The molecule has 36 nitrogen and oxygen atoms in total. The topological polar surface area (TPSA) is 585 Å². The van der Waals surface area contributed by atoms with E-state index < -0.39 is 261 Å². The molecule has 0 amide bonds. The van der Waals surface area contributed by atoms with Crippen LogP contribution in [-0.4, -0.2) is 379 Å². The van der Waals surface area contributed by atoms with E-state index in [-0.39, 0.29) is 0 Å². The van der Waals surface area contributed by atoms with Crippen molar-refractivity contribution in [1.82, 2.24) is 0 Å². The summed E-state index contributed by atoms with van der Waals surface area (Å²) in [6, 6.07) is 0. The van der Waals surface area contributed by atoms with E-state index in [0.29, 0.717) is 0 Å². The predicted molar refractivity (Wildman–Crippen MR) is 232 cm³/mol. The zero-order valence-electron chi connectivity index (χ0n) is 40.8. The molecular weight excluding hydrogens is 1080 g/mol. The summed E-state index contributed by atoms with van der Waals surface area (Å²) in [7, 11) is 0. The third-order valence-corrected chi connectivity index (χ3v) is 14.5. The van der Waals surface area contributed by atoms with Crippen molar-refractivity contribution in [3.05, 3.63) is 0 Å². The van der Waals surface area contributed by atoms with E-state index in [1.807, 2.05) is 0 Å². The van der Waals surface area contributed by atoms with Gasteiger partial charge < -0.3 is 179 Å². The van der Waals surface area contributed by atoms with Crippen LogP contribution < -0.4 is 0 Å². The van der Waals surface area contributed by atoms with Gasteiger partial charge in [-0.25, -0.2) is 0 Å². The summed E-state index contributed by atoms with van der Waals surface area (Å²) in [5, 5.41) is 241. The second-order valence-electron chi connectivity index (χ2n) is 19.7. The lowest BCUT2D eigenvalue weighted by Crippen LogP contribution is -2.67. The van der Waals surface area contributed by atoms with E-state index in [0.717, 1.165) is 0 Å². The molecule has 1 unspecified atom stereocenters. The molecule has 36 heteroatoms. The quantitative estimate of drug-likeness (QED) is 0.0571. The molecule has 0 aromatic rings.